The highest BCUT2D eigenvalue weighted by Crippen LogP contribution is 2.19. The third-order valence-electron chi connectivity index (χ3n) is 1.39. The normalized spacial score (nSPS) is 12.7. The monoisotopic (exact) mass is 236 g/mol. The lowest BCUT2D eigenvalue weighted by molar-refractivity contribution is 0.447. The van der Waals surface area contributed by atoms with E-state index in [4.69, 9.17) is 0 Å². The van der Waals surface area contributed by atoms with Crippen molar-refractivity contribution in [2.45, 2.75) is 9.79 Å². The van der Waals surface area contributed by atoms with Crippen molar-refractivity contribution >= 4 is 20.2 Å². The Kier molecular flexibility index (Phi) is 2.63. The Morgan fingerprint density at radius 2 is 1.07 bits per heavy atom. The van der Waals surface area contributed by atoms with Crippen LogP contribution in [0.15, 0.2) is 34.1 Å². The van der Waals surface area contributed by atoms with Gasteiger partial charge in [-0.2, -0.15) is 0 Å². The van der Waals surface area contributed by atoms with E-state index < -0.39 is 30.0 Å². The van der Waals surface area contributed by atoms with Crippen LogP contribution in [0.3, 0.4) is 0 Å². The SMILES string of the molecule is O=S(=O)([O-])c1ccccc1S(=O)(=O)[O-]. The summed E-state index contributed by atoms with van der Waals surface area (Å²) in [5.41, 5.74) is 0. The van der Waals surface area contributed by atoms with E-state index >= 15 is 0 Å². The van der Waals surface area contributed by atoms with E-state index in [0.717, 1.165) is 24.3 Å². The largest absolute Gasteiger partial charge is 0.744 e. The van der Waals surface area contributed by atoms with Crippen molar-refractivity contribution in [3.05, 3.63) is 24.3 Å². The van der Waals surface area contributed by atoms with Gasteiger partial charge in [-0.3, -0.25) is 0 Å². The fourth-order valence-corrected chi connectivity index (χ4v) is 2.59. The van der Waals surface area contributed by atoms with Crippen LogP contribution in [0.5, 0.6) is 0 Å². The highest BCUT2D eigenvalue weighted by molar-refractivity contribution is 7.89. The van der Waals surface area contributed by atoms with E-state index in [1.165, 1.54) is 0 Å². The van der Waals surface area contributed by atoms with E-state index in [1.54, 1.807) is 0 Å². The lowest BCUT2D eigenvalue weighted by Gasteiger charge is -2.14. The second-order valence-corrected chi connectivity index (χ2v) is 5.05. The highest BCUT2D eigenvalue weighted by Gasteiger charge is 2.12. The predicted octanol–water partition coefficient (Wildman–Crippen LogP) is -0.505. The van der Waals surface area contributed by atoms with Gasteiger partial charge < -0.3 is 9.11 Å². The molecule has 0 N–H and O–H groups in total. The smallest absolute Gasteiger partial charge is 0.125 e. The average Bonchev–Trinajstić information content (AvgIpc) is 2.01. The number of hydrogen-bond donors (Lipinski definition) is 0. The summed E-state index contributed by atoms with van der Waals surface area (Å²) in [6.07, 6.45) is 0. The summed E-state index contributed by atoms with van der Waals surface area (Å²) in [7, 11) is -9.89. The lowest BCUT2D eigenvalue weighted by Crippen LogP contribution is -2.08. The second kappa shape index (κ2) is 3.31. The minimum absolute atomic E-state index is 0.771. The summed E-state index contributed by atoms with van der Waals surface area (Å²) < 4.78 is 63.2. The van der Waals surface area contributed by atoms with E-state index in [0.29, 0.717) is 0 Å². The standard InChI is InChI=1S/C6H6O6S2/c7-13(8,9)5-3-1-2-4-6(5)14(10,11)12/h1-4H,(H,7,8,9)(H,10,11,12)/p-2. The maximum Gasteiger partial charge on any atom is 0.125 e. The zero-order chi connectivity index (χ0) is 11.0. The topological polar surface area (TPSA) is 114 Å². The molecule has 0 saturated heterocycles. The molecule has 0 bridgehead atoms. The molecule has 0 fully saturated rings. The molecule has 0 atom stereocenters. The zero-order valence-electron chi connectivity index (χ0n) is 6.58. The first-order chi connectivity index (χ1) is 6.23. The van der Waals surface area contributed by atoms with E-state index in [2.05, 4.69) is 0 Å². The Morgan fingerprint density at radius 3 is 1.29 bits per heavy atom. The van der Waals surface area contributed by atoms with Crippen LogP contribution in [0.1, 0.15) is 0 Å². The van der Waals surface area contributed by atoms with Crippen molar-refractivity contribution in [3.63, 3.8) is 0 Å². The molecular formula is C6H4O6S2-2. The summed E-state index contributed by atoms with van der Waals surface area (Å²) in [6.45, 7) is 0. The molecular weight excluding hydrogens is 232 g/mol. The molecule has 1 aromatic carbocycles. The Balaban J connectivity index is 3.64. The van der Waals surface area contributed by atoms with Crippen LogP contribution in [-0.2, 0) is 20.2 Å². The maximum absolute atomic E-state index is 10.5. The first kappa shape index (κ1) is 11.1. The van der Waals surface area contributed by atoms with Gasteiger partial charge in [0.05, 0.1) is 9.79 Å². The molecule has 0 saturated carbocycles. The molecule has 0 aliphatic heterocycles. The fourth-order valence-electron chi connectivity index (χ4n) is 0.863. The molecule has 78 valence electrons. The summed E-state index contributed by atoms with van der Waals surface area (Å²) in [5, 5.41) is 0. The van der Waals surface area contributed by atoms with Crippen LogP contribution in [0.4, 0.5) is 0 Å². The molecule has 14 heavy (non-hydrogen) atoms. The van der Waals surface area contributed by atoms with Crippen LogP contribution in [0, 0.1) is 0 Å². The molecule has 1 aromatic rings. The van der Waals surface area contributed by atoms with Crippen molar-refractivity contribution in [1.29, 1.82) is 0 Å². The summed E-state index contributed by atoms with van der Waals surface area (Å²) in [5.74, 6) is 0. The van der Waals surface area contributed by atoms with Gasteiger partial charge in [-0.05, 0) is 12.1 Å². The first-order valence-corrected chi connectivity index (χ1v) is 6.05. The van der Waals surface area contributed by atoms with Crippen molar-refractivity contribution < 1.29 is 25.9 Å². The fraction of sp³-hybridized carbons (Fsp3) is 0. The van der Waals surface area contributed by atoms with Crippen LogP contribution < -0.4 is 0 Å². The van der Waals surface area contributed by atoms with Crippen molar-refractivity contribution in [1.82, 2.24) is 0 Å². The molecule has 0 heterocycles. The van der Waals surface area contributed by atoms with Crippen molar-refractivity contribution in [2.75, 3.05) is 0 Å². The maximum atomic E-state index is 10.5. The molecule has 0 spiro atoms. The van der Waals surface area contributed by atoms with Gasteiger partial charge in [-0.15, -0.1) is 0 Å². The van der Waals surface area contributed by atoms with Crippen LogP contribution in [0.2, 0.25) is 0 Å². The quantitative estimate of drug-likeness (QED) is 0.639. The average molecular weight is 236 g/mol. The van der Waals surface area contributed by atoms with Gasteiger partial charge in [0.25, 0.3) is 0 Å². The summed E-state index contributed by atoms with van der Waals surface area (Å²) in [4.78, 5) is -2.04. The van der Waals surface area contributed by atoms with Gasteiger partial charge in [-0.25, -0.2) is 16.8 Å². The highest BCUT2D eigenvalue weighted by atomic mass is 32.2. The van der Waals surface area contributed by atoms with Gasteiger partial charge in [0.15, 0.2) is 0 Å². The van der Waals surface area contributed by atoms with Gasteiger partial charge in [0.2, 0.25) is 0 Å². The van der Waals surface area contributed by atoms with Crippen LogP contribution in [-0.4, -0.2) is 25.9 Å². The number of rotatable bonds is 2. The second-order valence-electron chi connectivity index (χ2n) is 2.35. The molecule has 0 radical (unpaired) electrons. The predicted molar refractivity (Wildman–Crippen MR) is 42.4 cm³/mol. The Labute approximate surface area is 80.7 Å². The summed E-state index contributed by atoms with van der Waals surface area (Å²) >= 11 is 0. The Hall–Kier alpha value is -0.960. The molecule has 0 aliphatic carbocycles. The van der Waals surface area contributed by atoms with Gasteiger partial charge in [0, 0.05) is 0 Å². The molecule has 1 rings (SSSR count). The van der Waals surface area contributed by atoms with E-state index in [1.807, 2.05) is 0 Å². The van der Waals surface area contributed by atoms with E-state index in [-0.39, 0.29) is 0 Å². The zero-order valence-corrected chi connectivity index (χ0v) is 8.21. The molecule has 0 unspecified atom stereocenters. The lowest BCUT2D eigenvalue weighted by atomic mass is 10.4. The minimum Gasteiger partial charge on any atom is -0.744 e. The Bertz CT molecular complexity index is 490. The minimum atomic E-state index is -4.95. The van der Waals surface area contributed by atoms with Gasteiger partial charge >= 0.3 is 0 Å². The first-order valence-electron chi connectivity index (χ1n) is 3.24. The molecule has 8 heteroatoms. The van der Waals surface area contributed by atoms with Crippen LogP contribution in [0.25, 0.3) is 0 Å². The van der Waals surface area contributed by atoms with Crippen molar-refractivity contribution in [3.8, 4) is 0 Å². The number of hydrogen-bond acceptors (Lipinski definition) is 6. The molecule has 6 nitrogen and oxygen atoms in total. The Morgan fingerprint density at radius 1 is 0.786 bits per heavy atom. The van der Waals surface area contributed by atoms with Crippen LogP contribution >= 0.6 is 0 Å². The van der Waals surface area contributed by atoms with E-state index in [9.17, 15) is 25.9 Å². The molecule has 0 aromatic heterocycles. The van der Waals surface area contributed by atoms with Gasteiger partial charge in [-0.1, -0.05) is 12.1 Å². The van der Waals surface area contributed by atoms with Crippen molar-refractivity contribution in [2.24, 2.45) is 0 Å². The molecule has 0 amide bonds. The third kappa shape index (κ3) is 2.29. The number of benzene rings is 1. The summed E-state index contributed by atoms with van der Waals surface area (Å²) in [6, 6.07) is 3.85. The molecule has 0 aliphatic rings. The third-order valence-corrected chi connectivity index (χ3v) is 3.31. The van der Waals surface area contributed by atoms with Gasteiger partial charge in [0.1, 0.15) is 20.2 Å².